The van der Waals surface area contributed by atoms with E-state index in [0.717, 1.165) is 30.2 Å². The Hall–Kier alpha value is -1.26. The van der Waals surface area contributed by atoms with Gasteiger partial charge in [-0.05, 0) is 6.42 Å². The molecular formula is C16H18ClN3S. The molecule has 3 nitrogen and oxygen atoms in total. The molecule has 0 spiro atoms. The zero-order valence-corrected chi connectivity index (χ0v) is 13.6. The van der Waals surface area contributed by atoms with E-state index in [4.69, 9.17) is 16.6 Å². The molecule has 2 heterocycles. The second-order valence-electron chi connectivity index (χ2n) is 5.09. The van der Waals surface area contributed by atoms with E-state index in [1.54, 1.807) is 0 Å². The van der Waals surface area contributed by atoms with Gasteiger partial charge in [-0.3, -0.25) is 0 Å². The summed E-state index contributed by atoms with van der Waals surface area (Å²) in [4.78, 5) is 11.4. The SMILES string of the molecule is CCC1CN(c2cc(Cl)nc(-c3ccccc3)n2)CCS1. The van der Waals surface area contributed by atoms with Crippen LogP contribution in [-0.4, -0.2) is 34.1 Å². The first-order valence-electron chi connectivity index (χ1n) is 7.23. The zero-order chi connectivity index (χ0) is 14.7. The average molecular weight is 320 g/mol. The number of thioether (sulfide) groups is 1. The van der Waals surface area contributed by atoms with Gasteiger partial charge in [-0.2, -0.15) is 11.8 Å². The Morgan fingerprint density at radius 1 is 1.29 bits per heavy atom. The number of benzene rings is 1. The highest BCUT2D eigenvalue weighted by Crippen LogP contribution is 2.27. The molecule has 1 aromatic carbocycles. The third kappa shape index (κ3) is 3.50. The van der Waals surface area contributed by atoms with E-state index in [-0.39, 0.29) is 0 Å². The molecule has 3 rings (SSSR count). The summed E-state index contributed by atoms with van der Waals surface area (Å²) in [6.45, 7) is 4.29. The smallest absolute Gasteiger partial charge is 0.163 e. The van der Waals surface area contributed by atoms with E-state index >= 15 is 0 Å². The van der Waals surface area contributed by atoms with Gasteiger partial charge in [0.15, 0.2) is 5.82 Å². The molecule has 0 N–H and O–H groups in total. The van der Waals surface area contributed by atoms with Crippen LogP contribution in [0.2, 0.25) is 5.15 Å². The molecule has 1 aliphatic heterocycles. The maximum Gasteiger partial charge on any atom is 0.163 e. The summed E-state index contributed by atoms with van der Waals surface area (Å²) in [5, 5.41) is 1.18. The fraction of sp³-hybridized carbons (Fsp3) is 0.375. The van der Waals surface area contributed by atoms with E-state index in [0.29, 0.717) is 16.2 Å². The summed E-state index contributed by atoms with van der Waals surface area (Å²) in [7, 11) is 0. The second-order valence-corrected chi connectivity index (χ2v) is 6.88. The Balaban J connectivity index is 1.91. The number of hydrogen-bond acceptors (Lipinski definition) is 4. The maximum atomic E-state index is 6.21. The van der Waals surface area contributed by atoms with Crippen LogP contribution in [0.5, 0.6) is 0 Å². The minimum absolute atomic E-state index is 0.505. The van der Waals surface area contributed by atoms with Gasteiger partial charge in [-0.25, -0.2) is 9.97 Å². The summed E-state index contributed by atoms with van der Waals surface area (Å²) in [6, 6.07) is 11.9. The number of hydrogen-bond donors (Lipinski definition) is 0. The van der Waals surface area contributed by atoms with Gasteiger partial charge in [0.25, 0.3) is 0 Å². The lowest BCUT2D eigenvalue weighted by Crippen LogP contribution is -2.38. The van der Waals surface area contributed by atoms with Gasteiger partial charge >= 0.3 is 0 Å². The summed E-state index contributed by atoms with van der Waals surface area (Å²) in [6.07, 6.45) is 1.19. The number of nitrogens with zero attached hydrogens (tertiary/aromatic N) is 3. The number of halogens is 1. The first kappa shape index (κ1) is 14.7. The van der Waals surface area contributed by atoms with Gasteiger partial charge in [-0.1, -0.05) is 48.9 Å². The molecule has 5 heteroatoms. The summed E-state index contributed by atoms with van der Waals surface area (Å²) >= 11 is 8.25. The highest BCUT2D eigenvalue weighted by molar-refractivity contribution is 8.00. The fourth-order valence-corrected chi connectivity index (χ4v) is 3.82. The highest BCUT2D eigenvalue weighted by Gasteiger charge is 2.21. The first-order chi connectivity index (χ1) is 10.3. The van der Waals surface area contributed by atoms with Crippen LogP contribution < -0.4 is 4.90 Å². The first-order valence-corrected chi connectivity index (χ1v) is 8.65. The van der Waals surface area contributed by atoms with Gasteiger partial charge in [0, 0.05) is 35.7 Å². The number of rotatable bonds is 3. The fourth-order valence-electron chi connectivity index (χ4n) is 2.46. The molecule has 110 valence electrons. The maximum absolute atomic E-state index is 6.21. The van der Waals surface area contributed by atoms with Crippen molar-refractivity contribution >= 4 is 29.2 Å². The third-order valence-electron chi connectivity index (χ3n) is 3.63. The van der Waals surface area contributed by atoms with Crippen LogP contribution in [-0.2, 0) is 0 Å². The Labute approximate surface area is 134 Å². The van der Waals surface area contributed by atoms with E-state index in [2.05, 4.69) is 16.8 Å². The van der Waals surface area contributed by atoms with Gasteiger partial charge in [0.05, 0.1) is 0 Å². The molecule has 21 heavy (non-hydrogen) atoms. The van der Waals surface area contributed by atoms with Crippen molar-refractivity contribution in [2.45, 2.75) is 18.6 Å². The Morgan fingerprint density at radius 2 is 2.10 bits per heavy atom. The summed E-state index contributed by atoms with van der Waals surface area (Å²) in [5.74, 6) is 2.78. The molecule has 1 aliphatic rings. The molecule has 1 fully saturated rings. The molecule has 1 atom stereocenters. The minimum Gasteiger partial charge on any atom is -0.355 e. The topological polar surface area (TPSA) is 29.0 Å². The second kappa shape index (κ2) is 6.67. The standard InChI is InChI=1S/C16H18ClN3S/c1-2-13-11-20(8-9-21-13)15-10-14(17)18-16(19-15)12-6-4-3-5-7-12/h3-7,10,13H,2,8-9,11H2,1H3. The molecule has 0 bridgehead atoms. The molecule has 2 aromatic rings. The number of anilines is 1. The summed E-state index contributed by atoms with van der Waals surface area (Å²) < 4.78 is 0. The molecule has 1 unspecified atom stereocenters. The number of aromatic nitrogens is 2. The normalized spacial score (nSPS) is 18.8. The van der Waals surface area contributed by atoms with Crippen molar-refractivity contribution in [3.8, 4) is 11.4 Å². The van der Waals surface area contributed by atoms with Crippen molar-refractivity contribution in [2.24, 2.45) is 0 Å². The minimum atomic E-state index is 0.505. The lowest BCUT2D eigenvalue weighted by Gasteiger charge is -2.32. The van der Waals surface area contributed by atoms with E-state index in [9.17, 15) is 0 Å². The van der Waals surface area contributed by atoms with Crippen molar-refractivity contribution < 1.29 is 0 Å². The predicted molar refractivity (Wildman–Crippen MR) is 91.2 cm³/mol. The van der Waals surface area contributed by atoms with Gasteiger partial charge in [-0.15, -0.1) is 0 Å². The average Bonchev–Trinajstić information content (AvgIpc) is 2.55. The highest BCUT2D eigenvalue weighted by atomic mass is 35.5. The van der Waals surface area contributed by atoms with Gasteiger partial charge in [0.1, 0.15) is 11.0 Å². The quantitative estimate of drug-likeness (QED) is 0.795. The molecule has 0 saturated carbocycles. The van der Waals surface area contributed by atoms with Crippen LogP contribution >= 0.6 is 23.4 Å². The van der Waals surface area contributed by atoms with Crippen LogP contribution in [0.25, 0.3) is 11.4 Å². The van der Waals surface area contributed by atoms with E-state index < -0.39 is 0 Å². The van der Waals surface area contributed by atoms with Gasteiger partial charge < -0.3 is 4.90 Å². The lowest BCUT2D eigenvalue weighted by atomic mass is 10.2. The monoisotopic (exact) mass is 319 g/mol. The molecule has 1 saturated heterocycles. The predicted octanol–water partition coefficient (Wildman–Crippen LogP) is 4.13. The Bertz CT molecular complexity index is 606. The van der Waals surface area contributed by atoms with Crippen LogP contribution in [0.3, 0.4) is 0 Å². The molecule has 1 aromatic heterocycles. The summed E-state index contributed by atoms with van der Waals surface area (Å²) in [5.41, 5.74) is 1.000. The van der Waals surface area contributed by atoms with Crippen molar-refractivity contribution in [2.75, 3.05) is 23.7 Å². The van der Waals surface area contributed by atoms with Crippen molar-refractivity contribution in [3.05, 3.63) is 41.6 Å². The van der Waals surface area contributed by atoms with Crippen LogP contribution in [0.15, 0.2) is 36.4 Å². The van der Waals surface area contributed by atoms with Crippen molar-refractivity contribution in [1.29, 1.82) is 0 Å². The van der Waals surface area contributed by atoms with E-state index in [1.165, 1.54) is 6.42 Å². The van der Waals surface area contributed by atoms with Crippen molar-refractivity contribution in [1.82, 2.24) is 9.97 Å². The Morgan fingerprint density at radius 3 is 2.86 bits per heavy atom. The lowest BCUT2D eigenvalue weighted by molar-refractivity contribution is 0.719. The Kier molecular flexibility index (Phi) is 4.66. The van der Waals surface area contributed by atoms with Crippen LogP contribution in [0.1, 0.15) is 13.3 Å². The molecule has 0 amide bonds. The van der Waals surface area contributed by atoms with Crippen LogP contribution in [0, 0.1) is 0 Å². The zero-order valence-electron chi connectivity index (χ0n) is 12.0. The van der Waals surface area contributed by atoms with Crippen molar-refractivity contribution in [3.63, 3.8) is 0 Å². The molecule has 0 aliphatic carbocycles. The largest absolute Gasteiger partial charge is 0.355 e. The molecule has 0 radical (unpaired) electrons. The third-order valence-corrected chi connectivity index (χ3v) is 5.20. The van der Waals surface area contributed by atoms with E-state index in [1.807, 2.05) is 48.2 Å². The van der Waals surface area contributed by atoms with Gasteiger partial charge in [0.2, 0.25) is 0 Å². The molecular weight excluding hydrogens is 302 g/mol. The van der Waals surface area contributed by atoms with Crippen LogP contribution in [0.4, 0.5) is 5.82 Å².